The molecule has 0 aliphatic carbocycles. The third kappa shape index (κ3) is 2.47. The standard InChI is InChI=1S/C14H9N3O4S/c18-12-5-9(4-11(13(12)19)17(20)21)10-7-22-14(16-10)8-2-1-3-15-6-8/h1-7,18-19H. The summed E-state index contributed by atoms with van der Waals surface area (Å²) in [4.78, 5) is 18.5. The van der Waals surface area contributed by atoms with Crippen LogP contribution in [-0.4, -0.2) is 25.1 Å². The van der Waals surface area contributed by atoms with Gasteiger partial charge in [0.05, 0.1) is 10.6 Å². The molecule has 3 rings (SSSR count). The number of aromatic nitrogens is 2. The molecule has 110 valence electrons. The van der Waals surface area contributed by atoms with E-state index >= 15 is 0 Å². The molecule has 8 heteroatoms. The third-order valence-corrected chi connectivity index (χ3v) is 3.87. The molecule has 0 saturated heterocycles. The Hall–Kier alpha value is -3.00. The Labute approximate surface area is 128 Å². The van der Waals surface area contributed by atoms with Crippen LogP contribution in [0.2, 0.25) is 0 Å². The van der Waals surface area contributed by atoms with E-state index in [9.17, 15) is 20.3 Å². The Kier molecular flexibility index (Phi) is 3.43. The highest BCUT2D eigenvalue weighted by Gasteiger charge is 2.20. The van der Waals surface area contributed by atoms with Crippen molar-refractivity contribution in [3.63, 3.8) is 0 Å². The van der Waals surface area contributed by atoms with Crippen LogP contribution in [0.25, 0.3) is 21.8 Å². The number of nitrogens with zero attached hydrogens (tertiary/aromatic N) is 3. The van der Waals surface area contributed by atoms with Crippen LogP contribution in [0.4, 0.5) is 5.69 Å². The minimum absolute atomic E-state index is 0.355. The van der Waals surface area contributed by atoms with Crippen LogP contribution in [0.1, 0.15) is 0 Å². The Morgan fingerprint density at radius 1 is 1.23 bits per heavy atom. The molecule has 0 aliphatic rings. The maximum atomic E-state index is 10.9. The Balaban J connectivity index is 2.06. The van der Waals surface area contributed by atoms with Crippen molar-refractivity contribution in [1.29, 1.82) is 0 Å². The van der Waals surface area contributed by atoms with E-state index < -0.39 is 22.1 Å². The summed E-state index contributed by atoms with van der Waals surface area (Å²) < 4.78 is 0. The highest BCUT2D eigenvalue weighted by atomic mass is 32.1. The van der Waals surface area contributed by atoms with Gasteiger partial charge in [0.1, 0.15) is 5.01 Å². The zero-order chi connectivity index (χ0) is 15.7. The first-order valence-electron chi connectivity index (χ1n) is 6.13. The molecule has 0 saturated carbocycles. The van der Waals surface area contributed by atoms with E-state index in [1.807, 2.05) is 6.07 Å². The molecule has 0 radical (unpaired) electrons. The van der Waals surface area contributed by atoms with Gasteiger partial charge in [0.15, 0.2) is 5.75 Å². The van der Waals surface area contributed by atoms with Gasteiger partial charge in [-0.2, -0.15) is 0 Å². The number of phenols is 2. The number of pyridine rings is 1. The second-order valence-electron chi connectivity index (χ2n) is 4.40. The quantitative estimate of drug-likeness (QED) is 0.436. The zero-order valence-corrected chi connectivity index (χ0v) is 11.8. The van der Waals surface area contributed by atoms with Crippen molar-refractivity contribution in [2.75, 3.05) is 0 Å². The Bertz CT molecular complexity index is 849. The number of thiazole rings is 1. The molecule has 0 spiro atoms. The molecule has 2 aromatic heterocycles. The van der Waals surface area contributed by atoms with Crippen molar-refractivity contribution in [2.24, 2.45) is 0 Å². The normalized spacial score (nSPS) is 10.5. The van der Waals surface area contributed by atoms with Crippen molar-refractivity contribution in [2.45, 2.75) is 0 Å². The van der Waals surface area contributed by atoms with Gasteiger partial charge >= 0.3 is 5.69 Å². The number of hydrogen-bond acceptors (Lipinski definition) is 7. The molecular weight excluding hydrogens is 306 g/mol. The first-order valence-corrected chi connectivity index (χ1v) is 7.01. The smallest absolute Gasteiger partial charge is 0.315 e. The van der Waals surface area contributed by atoms with Gasteiger partial charge in [-0.15, -0.1) is 11.3 Å². The van der Waals surface area contributed by atoms with Crippen molar-refractivity contribution in [1.82, 2.24) is 9.97 Å². The van der Waals surface area contributed by atoms with Crippen LogP contribution in [-0.2, 0) is 0 Å². The minimum atomic E-state index is -0.757. The summed E-state index contributed by atoms with van der Waals surface area (Å²) in [6, 6.07) is 6.06. The fraction of sp³-hybridized carbons (Fsp3) is 0. The molecule has 0 bridgehead atoms. The fourth-order valence-electron chi connectivity index (χ4n) is 1.92. The number of phenolic OH excluding ortho intramolecular Hbond substituents is 2. The number of hydrogen-bond donors (Lipinski definition) is 2. The van der Waals surface area contributed by atoms with Gasteiger partial charge in [-0.05, 0) is 18.2 Å². The van der Waals surface area contributed by atoms with Gasteiger partial charge < -0.3 is 10.2 Å². The molecule has 0 unspecified atom stereocenters. The summed E-state index contributed by atoms with van der Waals surface area (Å²) in [6.45, 7) is 0. The fourth-order valence-corrected chi connectivity index (χ4v) is 2.74. The van der Waals surface area contributed by atoms with Gasteiger partial charge in [-0.3, -0.25) is 15.1 Å². The average molecular weight is 315 g/mol. The Morgan fingerprint density at radius 3 is 2.73 bits per heavy atom. The molecule has 0 aliphatic heterocycles. The predicted octanol–water partition coefficient (Wildman–Crippen LogP) is 3.19. The van der Waals surface area contributed by atoms with E-state index in [1.165, 1.54) is 23.5 Å². The number of nitro groups is 1. The molecule has 0 amide bonds. The topological polar surface area (TPSA) is 109 Å². The van der Waals surface area contributed by atoms with Gasteiger partial charge in [0.25, 0.3) is 0 Å². The van der Waals surface area contributed by atoms with Crippen molar-refractivity contribution in [3.8, 4) is 33.3 Å². The number of rotatable bonds is 3. The number of aromatic hydroxyl groups is 2. The van der Waals surface area contributed by atoms with E-state index in [0.717, 1.165) is 5.56 Å². The summed E-state index contributed by atoms with van der Waals surface area (Å²) in [5.41, 5.74) is 1.10. The summed E-state index contributed by atoms with van der Waals surface area (Å²) in [7, 11) is 0. The second kappa shape index (κ2) is 5.41. The summed E-state index contributed by atoms with van der Waals surface area (Å²) in [5, 5.41) is 32.5. The van der Waals surface area contributed by atoms with Crippen LogP contribution in [0.15, 0.2) is 42.0 Å². The maximum Gasteiger partial charge on any atom is 0.315 e. The summed E-state index contributed by atoms with van der Waals surface area (Å²) in [6.07, 6.45) is 3.32. The van der Waals surface area contributed by atoms with Crippen molar-refractivity contribution >= 4 is 17.0 Å². The third-order valence-electron chi connectivity index (χ3n) is 2.97. The molecule has 0 atom stereocenters. The molecule has 1 aromatic carbocycles. The first kappa shape index (κ1) is 14.0. The predicted molar refractivity (Wildman–Crippen MR) is 80.8 cm³/mol. The summed E-state index contributed by atoms with van der Waals surface area (Å²) in [5.74, 6) is -1.31. The van der Waals surface area contributed by atoms with E-state index in [4.69, 9.17) is 0 Å². The monoisotopic (exact) mass is 315 g/mol. The maximum absolute atomic E-state index is 10.9. The lowest BCUT2D eigenvalue weighted by Gasteiger charge is -2.02. The lowest BCUT2D eigenvalue weighted by molar-refractivity contribution is -0.385. The van der Waals surface area contributed by atoms with Crippen molar-refractivity contribution in [3.05, 3.63) is 52.2 Å². The van der Waals surface area contributed by atoms with E-state index in [0.29, 0.717) is 16.3 Å². The lowest BCUT2D eigenvalue weighted by Crippen LogP contribution is -1.90. The molecule has 2 N–H and O–H groups in total. The highest BCUT2D eigenvalue weighted by Crippen LogP contribution is 2.40. The van der Waals surface area contributed by atoms with Crippen molar-refractivity contribution < 1.29 is 15.1 Å². The van der Waals surface area contributed by atoms with Gasteiger partial charge in [-0.1, -0.05) is 0 Å². The number of benzene rings is 1. The van der Waals surface area contributed by atoms with Crippen LogP contribution >= 0.6 is 11.3 Å². The number of nitro benzene ring substituents is 1. The van der Waals surface area contributed by atoms with E-state index in [-0.39, 0.29) is 0 Å². The second-order valence-corrected chi connectivity index (χ2v) is 5.26. The molecule has 2 heterocycles. The van der Waals surface area contributed by atoms with E-state index in [1.54, 1.807) is 23.8 Å². The average Bonchev–Trinajstić information content (AvgIpc) is 3.00. The van der Waals surface area contributed by atoms with E-state index in [2.05, 4.69) is 9.97 Å². The van der Waals surface area contributed by atoms with Crippen LogP contribution in [0, 0.1) is 10.1 Å². The zero-order valence-electron chi connectivity index (χ0n) is 11.0. The van der Waals surface area contributed by atoms with Gasteiger partial charge in [0, 0.05) is 35.0 Å². The van der Waals surface area contributed by atoms with Gasteiger partial charge in [-0.25, -0.2) is 4.98 Å². The van der Waals surface area contributed by atoms with Crippen LogP contribution < -0.4 is 0 Å². The molecule has 0 fully saturated rings. The lowest BCUT2D eigenvalue weighted by atomic mass is 10.1. The molecule has 7 nitrogen and oxygen atoms in total. The van der Waals surface area contributed by atoms with Crippen LogP contribution in [0.3, 0.4) is 0 Å². The van der Waals surface area contributed by atoms with Crippen LogP contribution in [0.5, 0.6) is 11.5 Å². The summed E-state index contributed by atoms with van der Waals surface area (Å²) >= 11 is 1.36. The SMILES string of the molecule is O=[N+]([O-])c1cc(-c2csc(-c3cccnc3)n2)cc(O)c1O. The van der Waals surface area contributed by atoms with Gasteiger partial charge in [0.2, 0.25) is 5.75 Å². The largest absolute Gasteiger partial charge is 0.504 e. The molecular formula is C14H9N3O4S. The first-order chi connectivity index (χ1) is 10.6. The minimum Gasteiger partial charge on any atom is -0.504 e. The molecule has 22 heavy (non-hydrogen) atoms. The highest BCUT2D eigenvalue weighted by molar-refractivity contribution is 7.13. The Morgan fingerprint density at radius 2 is 2.05 bits per heavy atom. The molecule has 3 aromatic rings.